The van der Waals surface area contributed by atoms with E-state index in [9.17, 15) is 26.7 Å². The van der Waals surface area contributed by atoms with Gasteiger partial charge in [0.1, 0.15) is 5.03 Å². The number of alkyl halides is 5. The second-order valence-electron chi connectivity index (χ2n) is 6.60. The fraction of sp³-hybridized carbons (Fsp3) is 0.250. The molecule has 0 bridgehead atoms. The number of amides is 1. The largest absolute Gasteiger partial charge is 0.416 e. The summed E-state index contributed by atoms with van der Waals surface area (Å²) in [6.45, 7) is 3.01. The van der Waals surface area contributed by atoms with E-state index in [1.165, 1.54) is 35.1 Å². The van der Waals surface area contributed by atoms with E-state index in [4.69, 9.17) is 0 Å². The van der Waals surface area contributed by atoms with Gasteiger partial charge in [-0.05, 0) is 61.5 Å². The number of rotatable bonds is 6. The molecule has 1 N–H and O–H groups in total. The SMILES string of the molecule is Cc1cc(C)n(-c2ccc(CNC(=O)c3cccnc3SC(F)F)c(C(F)(F)F)c2)n1. The van der Waals surface area contributed by atoms with E-state index in [2.05, 4.69) is 15.4 Å². The van der Waals surface area contributed by atoms with Crippen LogP contribution in [0, 0.1) is 13.8 Å². The Labute approximate surface area is 178 Å². The van der Waals surface area contributed by atoms with Gasteiger partial charge in [0.2, 0.25) is 0 Å². The molecule has 0 spiro atoms. The average Bonchev–Trinajstić information content (AvgIpc) is 3.03. The van der Waals surface area contributed by atoms with Crippen molar-refractivity contribution in [1.29, 1.82) is 0 Å². The van der Waals surface area contributed by atoms with Crippen LogP contribution < -0.4 is 5.32 Å². The zero-order valence-corrected chi connectivity index (χ0v) is 17.2. The van der Waals surface area contributed by atoms with E-state index >= 15 is 0 Å². The van der Waals surface area contributed by atoms with Gasteiger partial charge in [0.15, 0.2) is 0 Å². The number of nitrogens with one attached hydrogen (secondary N) is 1. The molecule has 2 aromatic heterocycles. The van der Waals surface area contributed by atoms with E-state index in [0.717, 1.165) is 6.07 Å². The third-order valence-electron chi connectivity index (χ3n) is 4.31. The number of benzene rings is 1. The predicted molar refractivity (Wildman–Crippen MR) is 105 cm³/mol. The van der Waals surface area contributed by atoms with Crippen LogP contribution in [-0.4, -0.2) is 26.4 Å². The number of hydrogen-bond acceptors (Lipinski definition) is 4. The summed E-state index contributed by atoms with van der Waals surface area (Å²) in [6, 6.07) is 8.09. The maximum atomic E-state index is 13.7. The molecule has 1 amide bonds. The second-order valence-corrected chi connectivity index (χ2v) is 7.57. The highest BCUT2D eigenvalue weighted by Gasteiger charge is 2.34. The van der Waals surface area contributed by atoms with Gasteiger partial charge in [0.25, 0.3) is 11.7 Å². The summed E-state index contributed by atoms with van der Waals surface area (Å²) >= 11 is 0.0904. The molecule has 11 heteroatoms. The third-order valence-corrected chi connectivity index (χ3v) is 5.04. The Hall–Kier alpha value is -2.95. The van der Waals surface area contributed by atoms with Crippen LogP contribution in [0.15, 0.2) is 47.6 Å². The number of carbonyl (C=O) groups is 1. The van der Waals surface area contributed by atoms with Crippen molar-refractivity contribution in [1.82, 2.24) is 20.1 Å². The molecule has 0 radical (unpaired) electrons. The molecule has 3 rings (SSSR count). The van der Waals surface area contributed by atoms with Gasteiger partial charge >= 0.3 is 6.18 Å². The van der Waals surface area contributed by atoms with Crippen molar-refractivity contribution >= 4 is 17.7 Å². The van der Waals surface area contributed by atoms with E-state index in [1.54, 1.807) is 19.9 Å². The molecule has 0 aliphatic heterocycles. The maximum Gasteiger partial charge on any atom is 0.416 e. The van der Waals surface area contributed by atoms with Crippen LogP contribution in [0.1, 0.15) is 32.9 Å². The van der Waals surface area contributed by atoms with Gasteiger partial charge in [-0.3, -0.25) is 4.79 Å². The molecule has 164 valence electrons. The van der Waals surface area contributed by atoms with Crippen LogP contribution in [0.5, 0.6) is 0 Å². The first kappa shape index (κ1) is 22.7. The minimum Gasteiger partial charge on any atom is -0.348 e. The quantitative estimate of drug-likeness (QED) is 0.412. The number of pyridine rings is 1. The minimum absolute atomic E-state index is 0.0904. The summed E-state index contributed by atoms with van der Waals surface area (Å²) in [5.74, 6) is -3.59. The summed E-state index contributed by atoms with van der Waals surface area (Å²) in [4.78, 5) is 16.2. The summed E-state index contributed by atoms with van der Waals surface area (Å²) in [5, 5.41) is 6.34. The van der Waals surface area contributed by atoms with Crippen molar-refractivity contribution < 1.29 is 26.7 Å². The van der Waals surface area contributed by atoms with Crippen molar-refractivity contribution in [3.05, 3.63) is 70.7 Å². The molecular weight excluding hydrogens is 439 g/mol. The number of aryl methyl sites for hydroxylation is 2. The Morgan fingerprint density at radius 2 is 1.94 bits per heavy atom. The van der Waals surface area contributed by atoms with Crippen LogP contribution in [0.4, 0.5) is 22.0 Å². The van der Waals surface area contributed by atoms with E-state index in [1.807, 2.05) is 0 Å². The first-order valence-corrected chi connectivity index (χ1v) is 9.86. The van der Waals surface area contributed by atoms with Crippen molar-refractivity contribution in [3.8, 4) is 5.69 Å². The Morgan fingerprint density at radius 3 is 2.55 bits per heavy atom. The summed E-state index contributed by atoms with van der Waals surface area (Å²) in [6.07, 6.45) is -3.42. The third kappa shape index (κ3) is 5.40. The molecule has 0 fully saturated rings. The molecule has 0 saturated heterocycles. The lowest BCUT2D eigenvalue weighted by atomic mass is 10.1. The Kier molecular flexibility index (Phi) is 6.63. The molecule has 1 aromatic carbocycles. The number of thioether (sulfide) groups is 1. The van der Waals surface area contributed by atoms with Crippen molar-refractivity contribution in [2.75, 3.05) is 0 Å². The molecule has 0 unspecified atom stereocenters. The highest BCUT2D eigenvalue weighted by molar-refractivity contribution is 7.99. The van der Waals surface area contributed by atoms with Gasteiger partial charge in [-0.25, -0.2) is 9.67 Å². The number of aromatic nitrogens is 3. The molecule has 2 heterocycles. The van der Waals surface area contributed by atoms with Gasteiger partial charge in [0.05, 0.1) is 22.5 Å². The van der Waals surface area contributed by atoms with E-state index in [0.29, 0.717) is 11.4 Å². The topological polar surface area (TPSA) is 59.8 Å². The van der Waals surface area contributed by atoms with Crippen LogP contribution >= 0.6 is 11.8 Å². The zero-order valence-electron chi connectivity index (χ0n) is 16.4. The standard InChI is InChI=1S/C20H17F5N4OS/c1-11-8-12(2)29(28-11)14-6-5-13(16(9-14)20(23,24)25)10-27-17(30)15-4-3-7-26-18(15)31-19(21)22/h3-9,19H,10H2,1-2H3,(H,27,30). The van der Waals surface area contributed by atoms with Gasteiger partial charge in [0, 0.05) is 18.4 Å². The van der Waals surface area contributed by atoms with E-state index in [-0.39, 0.29) is 33.6 Å². The fourth-order valence-corrected chi connectivity index (χ4v) is 3.60. The van der Waals surface area contributed by atoms with Gasteiger partial charge in [-0.1, -0.05) is 6.07 Å². The molecule has 5 nitrogen and oxygen atoms in total. The summed E-state index contributed by atoms with van der Waals surface area (Å²) in [5.41, 5.74) is 0.337. The van der Waals surface area contributed by atoms with Crippen molar-refractivity contribution in [2.24, 2.45) is 0 Å². The lowest BCUT2D eigenvalue weighted by Gasteiger charge is -2.16. The summed E-state index contributed by atoms with van der Waals surface area (Å²) in [7, 11) is 0. The first-order chi connectivity index (χ1) is 14.6. The molecule has 31 heavy (non-hydrogen) atoms. The summed E-state index contributed by atoms with van der Waals surface area (Å²) < 4.78 is 67.7. The smallest absolute Gasteiger partial charge is 0.348 e. The Balaban J connectivity index is 1.87. The maximum absolute atomic E-state index is 13.7. The van der Waals surface area contributed by atoms with Crippen LogP contribution in [0.3, 0.4) is 0 Å². The zero-order chi connectivity index (χ0) is 22.8. The number of hydrogen-bond donors (Lipinski definition) is 1. The highest BCUT2D eigenvalue weighted by Crippen LogP contribution is 2.34. The minimum atomic E-state index is -4.67. The monoisotopic (exact) mass is 456 g/mol. The lowest BCUT2D eigenvalue weighted by Crippen LogP contribution is -2.25. The normalized spacial score (nSPS) is 11.7. The number of halogens is 5. The molecule has 0 saturated carbocycles. The van der Waals surface area contributed by atoms with Gasteiger partial charge in [-0.15, -0.1) is 0 Å². The predicted octanol–water partition coefficient (Wildman–Crippen LogP) is 5.15. The van der Waals surface area contributed by atoms with Crippen molar-refractivity contribution in [2.45, 2.75) is 37.4 Å². The van der Waals surface area contributed by atoms with Gasteiger partial charge < -0.3 is 5.32 Å². The highest BCUT2D eigenvalue weighted by atomic mass is 32.2. The van der Waals surface area contributed by atoms with Crippen LogP contribution in [0.25, 0.3) is 5.69 Å². The second kappa shape index (κ2) is 9.04. The van der Waals surface area contributed by atoms with Crippen molar-refractivity contribution in [3.63, 3.8) is 0 Å². The van der Waals surface area contributed by atoms with Gasteiger partial charge in [-0.2, -0.15) is 27.1 Å². The average molecular weight is 456 g/mol. The number of nitrogens with zero attached hydrogens (tertiary/aromatic N) is 3. The molecule has 0 aliphatic rings. The molecule has 0 aliphatic carbocycles. The molecule has 0 atom stereocenters. The number of carbonyl (C=O) groups excluding carboxylic acids is 1. The Morgan fingerprint density at radius 1 is 1.19 bits per heavy atom. The molecule has 3 aromatic rings. The van der Waals surface area contributed by atoms with Crippen LogP contribution in [0.2, 0.25) is 0 Å². The fourth-order valence-electron chi connectivity index (χ4n) is 3.02. The Bertz CT molecular complexity index is 1100. The lowest BCUT2D eigenvalue weighted by molar-refractivity contribution is -0.138. The molecular formula is C20H17F5N4OS. The first-order valence-electron chi connectivity index (χ1n) is 8.98. The van der Waals surface area contributed by atoms with E-state index < -0.39 is 29.9 Å². The van der Waals surface area contributed by atoms with Crippen LogP contribution in [-0.2, 0) is 12.7 Å².